The van der Waals surface area contributed by atoms with E-state index in [0.29, 0.717) is 0 Å². The molecule has 6 aromatic carbocycles. The van der Waals surface area contributed by atoms with Crippen molar-refractivity contribution < 1.29 is 4.42 Å². The first-order chi connectivity index (χ1) is 20.9. The Hall–Kier alpha value is -5.48. The molecule has 3 heterocycles. The number of furan rings is 1. The van der Waals surface area contributed by atoms with Crippen LogP contribution in [0, 0.1) is 0 Å². The van der Waals surface area contributed by atoms with Crippen LogP contribution in [0.1, 0.15) is 0 Å². The normalized spacial score (nSPS) is 13.1. The van der Waals surface area contributed by atoms with Gasteiger partial charge in [0.1, 0.15) is 5.58 Å². The smallest absolute Gasteiger partial charge is 0.333 e. The Bertz CT molecular complexity index is 2120. The Morgan fingerprint density at radius 1 is 0.500 bits per heavy atom. The van der Waals surface area contributed by atoms with Gasteiger partial charge in [0, 0.05) is 39.3 Å². The first-order valence-electron chi connectivity index (χ1n) is 14.4. The van der Waals surface area contributed by atoms with Gasteiger partial charge in [0.05, 0.1) is 12.0 Å². The fourth-order valence-electron chi connectivity index (χ4n) is 7.03. The zero-order valence-corrected chi connectivity index (χ0v) is 22.8. The Morgan fingerprint density at radius 2 is 1.19 bits per heavy atom. The Morgan fingerprint density at radius 3 is 2.05 bits per heavy atom. The molecule has 0 radical (unpaired) electrons. The number of nitrogens with zero attached hydrogens (tertiary/aromatic N) is 2. The second-order valence-corrected chi connectivity index (χ2v) is 10.9. The van der Waals surface area contributed by atoms with E-state index < -0.39 is 0 Å². The third-order valence-corrected chi connectivity index (χ3v) is 8.72. The molecule has 2 aliphatic heterocycles. The molecule has 1 aromatic heterocycles. The number of para-hydroxylation sites is 3. The van der Waals surface area contributed by atoms with Gasteiger partial charge in [-0.05, 0) is 70.6 Å². The van der Waals surface area contributed by atoms with Crippen LogP contribution in [0.15, 0.2) is 156 Å². The molecule has 7 aromatic rings. The molecule has 0 amide bonds. The van der Waals surface area contributed by atoms with Crippen molar-refractivity contribution in [2.75, 3.05) is 9.71 Å². The summed E-state index contributed by atoms with van der Waals surface area (Å²) in [6, 6.07) is 52.3. The molecule has 0 spiro atoms. The third-order valence-electron chi connectivity index (χ3n) is 8.72. The van der Waals surface area contributed by atoms with Crippen LogP contribution in [0.25, 0.3) is 33.2 Å². The van der Waals surface area contributed by atoms with E-state index >= 15 is 0 Å². The van der Waals surface area contributed by atoms with Crippen LogP contribution in [-0.2, 0) is 0 Å². The number of hydrogen-bond acceptors (Lipinski definition) is 3. The summed E-state index contributed by atoms with van der Waals surface area (Å²) >= 11 is 0. The molecule has 0 fully saturated rings. The molecule has 0 saturated carbocycles. The van der Waals surface area contributed by atoms with Crippen LogP contribution in [-0.4, -0.2) is 6.85 Å². The highest BCUT2D eigenvalue weighted by Gasteiger charge is 2.44. The van der Waals surface area contributed by atoms with Gasteiger partial charge in [0.15, 0.2) is 0 Å². The lowest BCUT2D eigenvalue weighted by atomic mass is 9.43. The number of rotatable bonds is 3. The number of fused-ring (bicyclic) bond motifs is 5. The summed E-state index contributed by atoms with van der Waals surface area (Å²) in [5, 5.41) is 1.10. The molecule has 0 N–H and O–H groups in total. The Labute approximate surface area is 245 Å². The summed E-state index contributed by atoms with van der Waals surface area (Å²) in [7, 11) is 0. The molecule has 0 atom stereocenters. The van der Waals surface area contributed by atoms with Crippen molar-refractivity contribution in [3.8, 4) is 22.3 Å². The van der Waals surface area contributed by atoms with Crippen molar-refractivity contribution in [1.82, 2.24) is 0 Å². The van der Waals surface area contributed by atoms with Gasteiger partial charge >= 0.3 is 6.85 Å². The summed E-state index contributed by atoms with van der Waals surface area (Å²) in [6.07, 6.45) is 1.79. The van der Waals surface area contributed by atoms with Gasteiger partial charge in [0.2, 0.25) is 0 Å². The molecule has 0 unspecified atom stereocenters. The maximum atomic E-state index is 6.17. The Balaban J connectivity index is 1.39. The predicted octanol–water partition coefficient (Wildman–Crippen LogP) is 8.81. The average molecular weight is 536 g/mol. The van der Waals surface area contributed by atoms with Crippen molar-refractivity contribution in [2.24, 2.45) is 0 Å². The second-order valence-electron chi connectivity index (χ2n) is 10.9. The van der Waals surface area contributed by atoms with E-state index in [9.17, 15) is 0 Å². The van der Waals surface area contributed by atoms with Crippen molar-refractivity contribution in [2.45, 2.75) is 0 Å². The van der Waals surface area contributed by atoms with Gasteiger partial charge in [-0.3, -0.25) is 0 Å². The summed E-state index contributed by atoms with van der Waals surface area (Å²) in [4.78, 5) is 4.97. The van der Waals surface area contributed by atoms with E-state index in [1.165, 1.54) is 44.8 Å². The molecule has 196 valence electrons. The van der Waals surface area contributed by atoms with Crippen molar-refractivity contribution in [3.05, 3.63) is 152 Å². The molecular formula is C38H25BN2O. The fraction of sp³-hybridized carbons (Fsp3) is 0. The quantitative estimate of drug-likeness (QED) is 0.211. The lowest BCUT2D eigenvalue weighted by Gasteiger charge is -2.45. The zero-order valence-electron chi connectivity index (χ0n) is 22.8. The van der Waals surface area contributed by atoms with Gasteiger partial charge in [-0.1, -0.05) is 97.1 Å². The first kappa shape index (κ1) is 23.3. The third kappa shape index (κ3) is 3.23. The SMILES string of the molecule is c1ccc(-c2c(N3c4ccccc4B4c5c(cccc53)-c3ccccc3N4c3ccccc3)ccc3ccoc23)cc1. The zero-order chi connectivity index (χ0) is 27.6. The van der Waals surface area contributed by atoms with E-state index in [0.717, 1.165) is 27.8 Å². The summed E-state index contributed by atoms with van der Waals surface area (Å²) < 4.78 is 6.17. The molecule has 42 heavy (non-hydrogen) atoms. The maximum Gasteiger partial charge on any atom is 0.333 e. The topological polar surface area (TPSA) is 19.6 Å². The van der Waals surface area contributed by atoms with E-state index in [1.807, 2.05) is 6.07 Å². The second kappa shape index (κ2) is 9.02. The highest BCUT2D eigenvalue weighted by Crippen LogP contribution is 2.49. The predicted molar refractivity (Wildman–Crippen MR) is 175 cm³/mol. The highest BCUT2D eigenvalue weighted by atomic mass is 16.3. The van der Waals surface area contributed by atoms with Gasteiger partial charge in [-0.25, -0.2) is 0 Å². The molecule has 0 saturated heterocycles. The summed E-state index contributed by atoms with van der Waals surface area (Å²) in [5.74, 6) is 0. The van der Waals surface area contributed by atoms with Gasteiger partial charge < -0.3 is 14.1 Å². The monoisotopic (exact) mass is 536 g/mol. The lowest BCUT2D eigenvalue weighted by molar-refractivity contribution is 0.617. The molecule has 3 nitrogen and oxygen atoms in total. The molecular weight excluding hydrogens is 511 g/mol. The van der Waals surface area contributed by atoms with E-state index in [4.69, 9.17) is 4.42 Å². The molecule has 9 rings (SSSR count). The van der Waals surface area contributed by atoms with Crippen LogP contribution in [0.5, 0.6) is 0 Å². The van der Waals surface area contributed by atoms with Gasteiger partial charge in [-0.2, -0.15) is 0 Å². The summed E-state index contributed by atoms with van der Waals surface area (Å²) in [5.41, 5.74) is 14.1. The van der Waals surface area contributed by atoms with Crippen LogP contribution < -0.4 is 20.6 Å². The van der Waals surface area contributed by atoms with Crippen molar-refractivity contribution in [1.29, 1.82) is 0 Å². The maximum absolute atomic E-state index is 6.17. The summed E-state index contributed by atoms with van der Waals surface area (Å²) in [6.45, 7) is 0.0217. The van der Waals surface area contributed by atoms with E-state index in [2.05, 4.69) is 149 Å². The van der Waals surface area contributed by atoms with Gasteiger partial charge in [-0.15, -0.1) is 0 Å². The average Bonchev–Trinajstić information content (AvgIpc) is 3.54. The minimum atomic E-state index is 0.0217. The molecule has 2 aliphatic rings. The number of hydrogen-bond donors (Lipinski definition) is 0. The minimum Gasteiger partial charge on any atom is -0.464 e. The highest BCUT2D eigenvalue weighted by molar-refractivity contribution is 6.93. The Kier molecular flexibility index (Phi) is 4.99. The number of anilines is 5. The van der Waals surface area contributed by atoms with Crippen molar-refractivity contribution in [3.63, 3.8) is 0 Å². The lowest BCUT2D eigenvalue weighted by Crippen LogP contribution is -2.61. The van der Waals surface area contributed by atoms with Gasteiger partial charge in [0.25, 0.3) is 0 Å². The van der Waals surface area contributed by atoms with Crippen LogP contribution in [0.4, 0.5) is 28.4 Å². The fourth-order valence-corrected chi connectivity index (χ4v) is 7.03. The van der Waals surface area contributed by atoms with Crippen LogP contribution in [0.3, 0.4) is 0 Å². The van der Waals surface area contributed by atoms with E-state index in [1.54, 1.807) is 6.26 Å². The number of benzene rings is 6. The molecule has 4 heteroatoms. The van der Waals surface area contributed by atoms with E-state index in [-0.39, 0.29) is 6.85 Å². The van der Waals surface area contributed by atoms with Crippen LogP contribution >= 0.6 is 0 Å². The minimum absolute atomic E-state index is 0.0217. The first-order valence-corrected chi connectivity index (χ1v) is 14.4. The molecule has 0 aliphatic carbocycles. The standard InChI is InChI=1S/C38H25BN2O/c1-3-12-26(13-4-1)36-34(23-22-27-24-25-42-38(27)36)40-33-20-10-8-18-31(33)39-37-30(17-11-21-35(37)40)29-16-7-9-19-32(29)41(39)28-14-5-2-6-15-28/h1-25H. The molecule has 0 bridgehead atoms. The largest absolute Gasteiger partial charge is 0.464 e. The van der Waals surface area contributed by atoms with Crippen molar-refractivity contribution >= 4 is 57.2 Å². The van der Waals surface area contributed by atoms with Crippen LogP contribution in [0.2, 0.25) is 0 Å².